The van der Waals surface area contributed by atoms with Crippen LogP contribution < -0.4 is 11.1 Å². The van der Waals surface area contributed by atoms with E-state index in [9.17, 15) is 9.59 Å². The minimum absolute atomic E-state index is 0.0402. The molecule has 3 heterocycles. The number of aromatic nitrogens is 5. The number of nitrogen functional groups attached to an aromatic ring is 1. The van der Waals surface area contributed by atoms with Gasteiger partial charge >= 0.3 is 0 Å². The van der Waals surface area contributed by atoms with Crippen LogP contribution in [0.15, 0.2) is 24.9 Å². The van der Waals surface area contributed by atoms with E-state index in [1.807, 2.05) is 27.7 Å². The van der Waals surface area contributed by atoms with Gasteiger partial charge in [0.05, 0.1) is 16.9 Å². The minimum Gasteiger partial charge on any atom is -0.382 e. The summed E-state index contributed by atoms with van der Waals surface area (Å²) in [5.74, 6) is -0.367. The van der Waals surface area contributed by atoms with Crippen LogP contribution >= 0.6 is 22.9 Å². The second kappa shape index (κ2) is 9.03. The molecule has 1 atom stereocenters. The molecule has 0 aliphatic heterocycles. The number of Topliss-reactive ketones (excluding diaryl/α,β-unsaturated/α-hetero) is 1. The molecule has 0 bridgehead atoms. The zero-order valence-corrected chi connectivity index (χ0v) is 19.1. The average Bonchev–Trinajstić information content (AvgIpc) is 3.20. The molecule has 0 aromatic carbocycles. The predicted octanol–water partition coefficient (Wildman–Crippen LogP) is 3.89. The smallest absolute Gasteiger partial charge is 0.268 e. The fourth-order valence-electron chi connectivity index (χ4n) is 2.67. The summed E-state index contributed by atoms with van der Waals surface area (Å²) in [5, 5.41) is 3.46. The van der Waals surface area contributed by atoms with Crippen molar-refractivity contribution in [2.45, 2.75) is 45.4 Å². The van der Waals surface area contributed by atoms with E-state index in [0.717, 1.165) is 5.69 Å². The standard InChI is InChI=1S/C20H22ClN7O2S/c1-10(5-11(29)16-15(21)17(22)27-9-26-16)19-23-7-12(31-19)18(30)28-14-6-13(20(2,3)4)24-8-25-14/h6-10H,5H2,1-4H3,(H2,22,26,27)(H,24,25,28,30). The van der Waals surface area contributed by atoms with Crippen molar-refractivity contribution < 1.29 is 9.59 Å². The molecular weight excluding hydrogens is 438 g/mol. The van der Waals surface area contributed by atoms with E-state index >= 15 is 0 Å². The van der Waals surface area contributed by atoms with Crippen LogP contribution in [0.4, 0.5) is 11.6 Å². The Kier molecular flexibility index (Phi) is 6.61. The van der Waals surface area contributed by atoms with E-state index in [4.69, 9.17) is 17.3 Å². The summed E-state index contributed by atoms with van der Waals surface area (Å²) < 4.78 is 0. The molecule has 1 unspecified atom stereocenters. The Morgan fingerprint density at radius 3 is 2.58 bits per heavy atom. The molecule has 0 fully saturated rings. The van der Waals surface area contributed by atoms with Crippen molar-refractivity contribution >= 4 is 46.3 Å². The first kappa shape index (κ1) is 22.7. The molecule has 3 N–H and O–H groups in total. The van der Waals surface area contributed by atoms with Gasteiger partial charge in [-0.25, -0.2) is 24.9 Å². The lowest BCUT2D eigenvalue weighted by molar-refractivity contribution is 0.0969. The fraction of sp³-hybridized carbons (Fsp3) is 0.350. The van der Waals surface area contributed by atoms with Crippen molar-refractivity contribution in [1.29, 1.82) is 0 Å². The molecule has 3 aromatic heterocycles. The maximum Gasteiger partial charge on any atom is 0.268 e. The number of rotatable bonds is 6. The Balaban J connectivity index is 1.68. The van der Waals surface area contributed by atoms with Crippen molar-refractivity contribution in [2.75, 3.05) is 11.1 Å². The Morgan fingerprint density at radius 2 is 1.87 bits per heavy atom. The SMILES string of the molecule is CC(CC(=O)c1ncnc(N)c1Cl)c1ncc(C(=O)Nc2cc(C(C)(C)C)ncn2)s1. The van der Waals surface area contributed by atoms with Crippen molar-refractivity contribution in [1.82, 2.24) is 24.9 Å². The third-order valence-electron chi connectivity index (χ3n) is 4.42. The highest BCUT2D eigenvalue weighted by Crippen LogP contribution is 2.28. The summed E-state index contributed by atoms with van der Waals surface area (Å²) >= 11 is 7.25. The Hall–Kier alpha value is -2.98. The summed E-state index contributed by atoms with van der Waals surface area (Å²) in [6, 6.07) is 1.75. The largest absolute Gasteiger partial charge is 0.382 e. The second-order valence-corrected chi connectivity index (χ2v) is 9.45. The molecule has 162 valence electrons. The van der Waals surface area contributed by atoms with E-state index in [-0.39, 0.29) is 46.0 Å². The topological polar surface area (TPSA) is 137 Å². The van der Waals surface area contributed by atoms with Crippen LogP contribution in [0.3, 0.4) is 0 Å². The number of nitrogens with two attached hydrogens (primary N) is 1. The number of halogens is 1. The molecule has 11 heteroatoms. The highest BCUT2D eigenvalue weighted by atomic mass is 35.5. The third kappa shape index (κ3) is 5.39. The van der Waals surface area contributed by atoms with E-state index < -0.39 is 0 Å². The van der Waals surface area contributed by atoms with E-state index in [2.05, 4.69) is 30.2 Å². The van der Waals surface area contributed by atoms with Gasteiger partial charge in [0.1, 0.15) is 39.9 Å². The van der Waals surface area contributed by atoms with E-state index in [0.29, 0.717) is 15.7 Å². The highest BCUT2D eigenvalue weighted by molar-refractivity contribution is 7.13. The number of ketones is 1. The van der Waals surface area contributed by atoms with Crippen LogP contribution in [-0.2, 0) is 5.41 Å². The Morgan fingerprint density at radius 1 is 1.16 bits per heavy atom. The van der Waals surface area contributed by atoms with E-state index in [1.54, 1.807) is 6.07 Å². The molecule has 1 amide bonds. The number of nitrogens with one attached hydrogen (secondary N) is 1. The van der Waals surface area contributed by atoms with Crippen LogP contribution in [0, 0.1) is 0 Å². The van der Waals surface area contributed by atoms with Gasteiger partial charge in [0, 0.05) is 23.8 Å². The van der Waals surface area contributed by atoms with Gasteiger partial charge in [-0.05, 0) is 0 Å². The molecule has 0 saturated heterocycles. The van der Waals surface area contributed by atoms with Gasteiger partial charge in [-0.15, -0.1) is 11.3 Å². The molecule has 9 nitrogen and oxygen atoms in total. The number of anilines is 2. The first-order valence-electron chi connectivity index (χ1n) is 9.45. The quantitative estimate of drug-likeness (QED) is 0.529. The van der Waals surface area contributed by atoms with Gasteiger partial charge in [-0.1, -0.05) is 39.3 Å². The lowest BCUT2D eigenvalue weighted by Gasteiger charge is -2.17. The number of thiazole rings is 1. The summed E-state index contributed by atoms with van der Waals surface area (Å²) in [6.07, 6.45) is 4.22. The normalized spacial score (nSPS) is 12.4. The molecule has 31 heavy (non-hydrogen) atoms. The van der Waals surface area contributed by atoms with Crippen LogP contribution in [0.1, 0.15) is 70.9 Å². The van der Waals surface area contributed by atoms with E-state index in [1.165, 1.54) is 30.2 Å². The summed E-state index contributed by atoms with van der Waals surface area (Å²) in [4.78, 5) is 45.9. The maximum atomic E-state index is 12.6. The van der Waals surface area contributed by atoms with Crippen LogP contribution in [0.5, 0.6) is 0 Å². The molecule has 0 spiro atoms. The van der Waals surface area contributed by atoms with Crippen LogP contribution in [0.2, 0.25) is 5.02 Å². The zero-order chi connectivity index (χ0) is 22.8. The van der Waals surface area contributed by atoms with Crippen molar-refractivity contribution in [3.63, 3.8) is 0 Å². The predicted molar refractivity (Wildman–Crippen MR) is 120 cm³/mol. The summed E-state index contributed by atoms with van der Waals surface area (Å²) in [5.41, 5.74) is 6.36. The molecule has 0 aliphatic rings. The van der Waals surface area contributed by atoms with Crippen molar-refractivity contribution in [2.24, 2.45) is 0 Å². The molecule has 0 radical (unpaired) electrons. The monoisotopic (exact) mass is 459 g/mol. The number of hydrogen-bond donors (Lipinski definition) is 2. The van der Waals surface area contributed by atoms with Gasteiger partial charge in [0.2, 0.25) is 0 Å². The maximum absolute atomic E-state index is 12.6. The average molecular weight is 460 g/mol. The minimum atomic E-state index is -0.326. The zero-order valence-electron chi connectivity index (χ0n) is 17.5. The fourth-order valence-corrected chi connectivity index (χ4v) is 3.74. The van der Waals surface area contributed by atoms with Gasteiger partial charge < -0.3 is 11.1 Å². The number of amides is 1. The summed E-state index contributed by atoms with van der Waals surface area (Å²) in [7, 11) is 0. The number of nitrogens with zero attached hydrogens (tertiary/aromatic N) is 5. The summed E-state index contributed by atoms with van der Waals surface area (Å²) in [6.45, 7) is 7.93. The third-order valence-corrected chi connectivity index (χ3v) is 6.02. The van der Waals surface area contributed by atoms with Gasteiger partial charge in [0.15, 0.2) is 5.78 Å². The van der Waals surface area contributed by atoms with Crippen LogP contribution in [0.25, 0.3) is 0 Å². The van der Waals surface area contributed by atoms with Gasteiger partial charge in [-0.2, -0.15) is 0 Å². The first-order chi connectivity index (χ1) is 14.6. The first-order valence-corrected chi connectivity index (χ1v) is 10.6. The van der Waals surface area contributed by atoms with Gasteiger partial charge in [-0.3, -0.25) is 9.59 Å². The molecule has 0 saturated carbocycles. The van der Waals surface area contributed by atoms with Crippen LogP contribution in [-0.4, -0.2) is 36.6 Å². The molecule has 3 aromatic rings. The van der Waals surface area contributed by atoms with Gasteiger partial charge in [0.25, 0.3) is 5.91 Å². The van der Waals surface area contributed by atoms with Crippen molar-refractivity contribution in [3.8, 4) is 0 Å². The highest BCUT2D eigenvalue weighted by Gasteiger charge is 2.22. The molecule has 3 rings (SSSR count). The number of carbonyl (C=O) groups is 2. The van der Waals surface area contributed by atoms with Crippen molar-refractivity contribution in [3.05, 3.63) is 51.2 Å². The lowest BCUT2D eigenvalue weighted by atomic mass is 9.92. The number of carbonyl (C=O) groups excluding carboxylic acids is 2. The Bertz CT molecular complexity index is 1130. The number of hydrogen-bond acceptors (Lipinski definition) is 9. The molecule has 0 aliphatic carbocycles. The lowest BCUT2D eigenvalue weighted by Crippen LogP contribution is -2.16. The molecular formula is C20H22ClN7O2S. The Labute approximate surface area is 188 Å². The second-order valence-electron chi connectivity index (χ2n) is 8.01.